The van der Waals surface area contributed by atoms with Crippen LogP contribution in [0.2, 0.25) is 0 Å². The van der Waals surface area contributed by atoms with Crippen molar-refractivity contribution in [3.05, 3.63) is 33.2 Å². The molecule has 2 aromatic rings. The first-order valence-corrected chi connectivity index (χ1v) is 6.85. The van der Waals surface area contributed by atoms with E-state index in [2.05, 4.69) is 10.3 Å². The lowest BCUT2D eigenvalue weighted by molar-refractivity contribution is 0.0937. The number of aromatic nitrogens is 2. The fraction of sp³-hybridized carbons (Fsp3) is 0.462. The van der Waals surface area contributed by atoms with Crippen LogP contribution in [-0.2, 0) is 0 Å². The first-order valence-electron chi connectivity index (χ1n) is 6.04. The summed E-state index contributed by atoms with van der Waals surface area (Å²) >= 11 is 1.42. The lowest BCUT2D eigenvalue weighted by Gasteiger charge is -2.18. The Kier molecular flexibility index (Phi) is 3.45. The molecule has 2 aromatic heterocycles. The Hall–Kier alpha value is -1.69. The van der Waals surface area contributed by atoms with Gasteiger partial charge in [0.25, 0.3) is 11.5 Å². The lowest BCUT2D eigenvalue weighted by atomic mass is 9.97. The van der Waals surface area contributed by atoms with Gasteiger partial charge in [-0.05, 0) is 12.3 Å². The highest BCUT2D eigenvalue weighted by Gasteiger charge is 2.17. The molecule has 0 fully saturated rings. The van der Waals surface area contributed by atoms with Gasteiger partial charge >= 0.3 is 0 Å². The van der Waals surface area contributed by atoms with E-state index in [0.717, 1.165) is 4.88 Å². The van der Waals surface area contributed by atoms with Gasteiger partial charge in [0.2, 0.25) is 0 Å². The quantitative estimate of drug-likeness (QED) is 0.912. The summed E-state index contributed by atoms with van der Waals surface area (Å²) in [5.74, 6) is -0.370. The maximum atomic E-state index is 12.2. The molecule has 0 bridgehead atoms. The van der Waals surface area contributed by atoms with Gasteiger partial charge in [-0.2, -0.15) is 0 Å². The number of hydrogen-bond acceptors (Lipinski definition) is 4. The molecule has 2 rings (SSSR count). The van der Waals surface area contributed by atoms with Crippen LogP contribution >= 0.6 is 11.3 Å². The number of thiazole rings is 1. The Morgan fingerprint density at radius 2 is 2.16 bits per heavy atom. The van der Waals surface area contributed by atoms with Crippen LogP contribution < -0.4 is 10.9 Å². The fourth-order valence-electron chi connectivity index (χ4n) is 1.59. The summed E-state index contributed by atoms with van der Waals surface area (Å²) in [4.78, 5) is 29.9. The van der Waals surface area contributed by atoms with Gasteiger partial charge in [0.1, 0.15) is 5.56 Å². The average molecular weight is 279 g/mol. The molecular weight excluding hydrogens is 262 g/mol. The summed E-state index contributed by atoms with van der Waals surface area (Å²) in [5.41, 5.74) is -0.261. The Morgan fingerprint density at radius 1 is 1.47 bits per heavy atom. The molecule has 0 aliphatic carbocycles. The minimum Gasteiger partial charge on any atom is -0.351 e. The summed E-state index contributed by atoms with van der Waals surface area (Å²) in [6.45, 7) is 8.46. The number of nitrogens with one attached hydrogen (secondary N) is 1. The Labute approximate surface area is 115 Å². The number of hydrogen-bond donors (Lipinski definition) is 1. The number of nitrogens with zero attached hydrogens (tertiary/aromatic N) is 2. The van der Waals surface area contributed by atoms with Crippen molar-refractivity contribution in [2.75, 3.05) is 6.54 Å². The molecule has 0 spiro atoms. The summed E-state index contributed by atoms with van der Waals surface area (Å²) in [6.07, 6.45) is 3.06. The van der Waals surface area contributed by atoms with Crippen LogP contribution in [0.1, 0.15) is 36.0 Å². The molecule has 0 unspecified atom stereocenters. The van der Waals surface area contributed by atoms with Crippen LogP contribution in [0.15, 0.2) is 17.2 Å². The van der Waals surface area contributed by atoms with Crippen molar-refractivity contribution >= 4 is 22.2 Å². The number of aryl methyl sites for hydroxylation is 1. The first-order chi connectivity index (χ1) is 8.78. The maximum absolute atomic E-state index is 12.2. The Morgan fingerprint density at radius 3 is 2.79 bits per heavy atom. The molecule has 0 saturated heterocycles. The molecule has 0 aliphatic heterocycles. The van der Waals surface area contributed by atoms with E-state index in [0.29, 0.717) is 11.5 Å². The van der Waals surface area contributed by atoms with Crippen LogP contribution in [0.4, 0.5) is 0 Å². The maximum Gasteiger partial charge on any atom is 0.271 e. The van der Waals surface area contributed by atoms with Crippen LogP contribution in [0.5, 0.6) is 0 Å². The second kappa shape index (κ2) is 4.77. The second-order valence-electron chi connectivity index (χ2n) is 5.71. The van der Waals surface area contributed by atoms with Gasteiger partial charge < -0.3 is 5.32 Å². The Balaban J connectivity index is 2.32. The predicted molar refractivity (Wildman–Crippen MR) is 75.9 cm³/mol. The molecule has 1 amide bonds. The molecule has 1 N–H and O–H groups in total. The van der Waals surface area contributed by atoms with E-state index in [1.54, 1.807) is 6.20 Å². The molecule has 19 heavy (non-hydrogen) atoms. The van der Waals surface area contributed by atoms with Crippen molar-refractivity contribution in [3.63, 3.8) is 0 Å². The highest BCUT2D eigenvalue weighted by molar-refractivity contribution is 7.16. The molecule has 0 radical (unpaired) electrons. The molecular formula is C13H17N3O2S. The van der Waals surface area contributed by atoms with Gasteiger partial charge in [-0.25, -0.2) is 4.98 Å². The zero-order valence-electron chi connectivity index (χ0n) is 11.5. The van der Waals surface area contributed by atoms with Crippen LogP contribution in [0, 0.1) is 12.3 Å². The summed E-state index contributed by atoms with van der Waals surface area (Å²) in [5, 5.41) is 2.76. The minimum atomic E-state index is -0.370. The monoisotopic (exact) mass is 279 g/mol. The third kappa shape index (κ3) is 3.01. The van der Waals surface area contributed by atoms with Crippen molar-refractivity contribution in [2.24, 2.45) is 5.41 Å². The highest BCUT2D eigenvalue weighted by Crippen LogP contribution is 2.13. The molecule has 102 valence electrons. The van der Waals surface area contributed by atoms with Crippen molar-refractivity contribution in [2.45, 2.75) is 27.7 Å². The van der Waals surface area contributed by atoms with Crippen LogP contribution in [-0.4, -0.2) is 21.8 Å². The molecule has 5 nitrogen and oxygen atoms in total. The predicted octanol–water partition coefficient (Wildman–Crippen LogP) is 1.84. The van der Waals surface area contributed by atoms with Gasteiger partial charge in [-0.1, -0.05) is 20.8 Å². The molecule has 6 heteroatoms. The highest BCUT2D eigenvalue weighted by atomic mass is 32.1. The van der Waals surface area contributed by atoms with E-state index < -0.39 is 0 Å². The van der Waals surface area contributed by atoms with Crippen molar-refractivity contribution < 1.29 is 4.79 Å². The van der Waals surface area contributed by atoms with Gasteiger partial charge in [0.05, 0.1) is 0 Å². The van der Waals surface area contributed by atoms with E-state index in [-0.39, 0.29) is 22.4 Å². The van der Waals surface area contributed by atoms with Crippen LogP contribution in [0.25, 0.3) is 4.96 Å². The number of amides is 1. The third-order valence-electron chi connectivity index (χ3n) is 2.55. The summed E-state index contributed by atoms with van der Waals surface area (Å²) in [6, 6.07) is 0. The van der Waals surface area contributed by atoms with Gasteiger partial charge in [0, 0.05) is 23.8 Å². The van der Waals surface area contributed by atoms with E-state index in [4.69, 9.17) is 0 Å². The lowest BCUT2D eigenvalue weighted by Crippen LogP contribution is -2.36. The topological polar surface area (TPSA) is 63.5 Å². The zero-order valence-corrected chi connectivity index (χ0v) is 12.3. The summed E-state index contributed by atoms with van der Waals surface area (Å²) in [7, 11) is 0. The SMILES string of the molecule is Cc1cn2c(=O)c(C(=O)NCC(C)(C)C)cnc2s1. The summed E-state index contributed by atoms with van der Waals surface area (Å²) < 4.78 is 1.42. The van der Waals surface area contributed by atoms with Crippen molar-refractivity contribution in [1.82, 2.24) is 14.7 Å². The number of rotatable bonds is 2. The fourth-order valence-corrected chi connectivity index (χ4v) is 2.38. The van der Waals surface area contributed by atoms with Gasteiger partial charge in [-0.3, -0.25) is 14.0 Å². The zero-order chi connectivity index (χ0) is 14.2. The minimum absolute atomic E-state index is 0.0254. The first kappa shape index (κ1) is 13.7. The second-order valence-corrected chi connectivity index (χ2v) is 6.93. The molecule has 0 atom stereocenters. The van der Waals surface area contributed by atoms with Crippen LogP contribution in [0.3, 0.4) is 0 Å². The van der Waals surface area contributed by atoms with E-state index in [1.807, 2.05) is 27.7 Å². The standard InChI is InChI=1S/C13H17N3O2S/c1-8-6-16-11(18)9(5-14-12(16)19-8)10(17)15-7-13(2,3)4/h5-6H,7H2,1-4H3,(H,15,17). The van der Waals surface area contributed by atoms with Gasteiger partial charge in [0.15, 0.2) is 4.96 Å². The van der Waals surface area contributed by atoms with E-state index in [9.17, 15) is 9.59 Å². The van der Waals surface area contributed by atoms with Crippen molar-refractivity contribution in [3.8, 4) is 0 Å². The number of carbonyl (C=O) groups excluding carboxylic acids is 1. The molecule has 0 saturated carbocycles. The van der Waals surface area contributed by atoms with Crippen molar-refractivity contribution in [1.29, 1.82) is 0 Å². The van der Waals surface area contributed by atoms with E-state index >= 15 is 0 Å². The molecule has 0 aliphatic rings. The Bertz CT molecular complexity index is 679. The molecule has 2 heterocycles. The largest absolute Gasteiger partial charge is 0.351 e. The third-order valence-corrected chi connectivity index (χ3v) is 3.46. The van der Waals surface area contributed by atoms with Gasteiger partial charge in [-0.15, -0.1) is 11.3 Å². The smallest absolute Gasteiger partial charge is 0.271 e. The normalized spacial score (nSPS) is 11.8. The molecule has 0 aromatic carbocycles. The van der Waals surface area contributed by atoms with E-state index in [1.165, 1.54) is 21.9 Å². The number of fused-ring (bicyclic) bond motifs is 1. The average Bonchev–Trinajstić information content (AvgIpc) is 2.67. The number of carbonyl (C=O) groups is 1.